The zero-order valence-corrected chi connectivity index (χ0v) is 13.6. The number of para-hydroxylation sites is 1. The number of nitrogens with one attached hydrogen (secondary N) is 1. The van der Waals surface area contributed by atoms with Gasteiger partial charge in [-0.15, -0.1) is 0 Å². The highest BCUT2D eigenvalue weighted by Gasteiger charge is 2.30. The van der Waals surface area contributed by atoms with Gasteiger partial charge in [0, 0.05) is 4.47 Å². The lowest BCUT2D eigenvalue weighted by Crippen LogP contribution is -2.48. The maximum absolute atomic E-state index is 12.2. The predicted molar refractivity (Wildman–Crippen MR) is 84.0 cm³/mol. The summed E-state index contributed by atoms with van der Waals surface area (Å²) in [5.41, 5.74) is 0.731. The summed E-state index contributed by atoms with van der Waals surface area (Å²) in [5, 5.41) is 2.86. The number of hydrogen-bond donors (Lipinski definition) is 1. The molecule has 2 rings (SSSR count). The quantitative estimate of drug-likeness (QED) is 0.843. The number of anilines is 1. The highest BCUT2D eigenvalue weighted by atomic mass is 79.9. The van der Waals surface area contributed by atoms with Crippen molar-refractivity contribution in [3.63, 3.8) is 0 Å². The van der Waals surface area contributed by atoms with Crippen LogP contribution in [0.4, 0.5) is 5.69 Å². The van der Waals surface area contributed by atoms with E-state index < -0.39 is 0 Å². The maximum Gasteiger partial charge on any atom is 0.323 e. The van der Waals surface area contributed by atoms with Crippen LogP contribution in [0.5, 0.6) is 0 Å². The Morgan fingerprint density at radius 2 is 2.14 bits per heavy atom. The number of halogens is 1. The number of esters is 1. The van der Waals surface area contributed by atoms with Gasteiger partial charge in [0.1, 0.15) is 6.04 Å². The molecule has 0 bridgehead atoms. The Labute approximate surface area is 132 Å². The first-order valence-electron chi connectivity index (χ1n) is 6.98. The van der Waals surface area contributed by atoms with Crippen molar-refractivity contribution in [3.8, 4) is 0 Å². The Hall–Kier alpha value is -1.40. The molecule has 1 aliphatic heterocycles. The smallest absolute Gasteiger partial charge is 0.323 e. The first kappa shape index (κ1) is 16.0. The Bertz CT molecular complexity index is 521. The van der Waals surface area contributed by atoms with E-state index in [0.717, 1.165) is 36.0 Å². The number of rotatable bonds is 4. The van der Waals surface area contributed by atoms with Gasteiger partial charge in [0.2, 0.25) is 5.91 Å². The molecule has 1 amide bonds. The summed E-state index contributed by atoms with van der Waals surface area (Å²) in [7, 11) is 1.39. The lowest BCUT2D eigenvalue weighted by molar-refractivity contribution is -0.148. The number of benzene rings is 1. The molecule has 1 aliphatic rings. The van der Waals surface area contributed by atoms with E-state index in [2.05, 4.69) is 21.2 Å². The fraction of sp³-hybridized carbons (Fsp3) is 0.467. The van der Waals surface area contributed by atoms with Crippen LogP contribution in [0.15, 0.2) is 28.7 Å². The third kappa shape index (κ3) is 4.28. The zero-order valence-electron chi connectivity index (χ0n) is 12.0. The van der Waals surface area contributed by atoms with Crippen LogP contribution in [0.3, 0.4) is 0 Å². The molecule has 1 aromatic rings. The van der Waals surface area contributed by atoms with Crippen LogP contribution in [0.25, 0.3) is 0 Å². The molecule has 0 radical (unpaired) electrons. The van der Waals surface area contributed by atoms with Crippen LogP contribution < -0.4 is 5.32 Å². The van der Waals surface area contributed by atoms with E-state index in [1.165, 1.54) is 7.11 Å². The van der Waals surface area contributed by atoms with Crippen molar-refractivity contribution < 1.29 is 14.3 Å². The minimum absolute atomic E-state index is 0.127. The average molecular weight is 355 g/mol. The molecule has 1 aromatic carbocycles. The number of ether oxygens (including phenoxy) is 1. The Morgan fingerprint density at radius 3 is 2.86 bits per heavy atom. The van der Waals surface area contributed by atoms with Gasteiger partial charge in [-0.3, -0.25) is 14.5 Å². The van der Waals surface area contributed by atoms with Crippen molar-refractivity contribution in [2.75, 3.05) is 25.5 Å². The summed E-state index contributed by atoms with van der Waals surface area (Å²) in [5.74, 6) is -0.388. The van der Waals surface area contributed by atoms with Gasteiger partial charge in [-0.1, -0.05) is 18.6 Å². The molecule has 1 fully saturated rings. The van der Waals surface area contributed by atoms with Gasteiger partial charge in [-0.2, -0.15) is 0 Å². The number of likely N-dealkylation sites (tertiary alicyclic amines) is 1. The summed E-state index contributed by atoms with van der Waals surface area (Å²) in [6, 6.07) is 7.13. The molecular formula is C15H19BrN2O3. The highest BCUT2D eigenvalue weighted by Crippen LogP contribution is 2.22. The zero-order chi connectivity index (χ0) is 15.2. The largest absolute Gasteiger partial charge is 0.468 e. The second kappa shape index (κ2) is 7.56. The van der Waals surface area contributed by atoms with Gasteiger partial charge < -0.3 is 10.1 Å². The fourth-order valence-electron chi connectivity index (χ4n) is 2.52. The molecule has 1 N–H and O–H groups in total. The topological polar surface area (TPSA) is 58.6 Å². The molecule has 21 heavy (non-hydrogen) atoms. The minimum atomic E-state index is -0.311. The van der Waals surface area contributed by atoms with Crippen LogP contribution in [-0.4, -0.2) is 43.0 Å². The number of nitrogens with zero attached hydrogens (tertiary/aromatic N) is 1. The van der Waals surface area contributed by atoms with Gasteiger partial charge in [0.15, 0.2) is 0 Å². The van der Waals surface area contributed by atoms with E-state index in [9.17, 15) is 9.59 Å². The number of piperidine rings is 1. The standard InChI is InChI=1S/C15H19BrN2O3/c1-21-15(20)13-8-4-5-9-18(13)10-14(19)17-12-7-3-2-6-11(12)16/h2-3,6-7,13H,4-5,8-10H2,1H3,(H,17,19). The number of amides is 1. The van der Waals surface area contributed by atoms with Crippen LogP contribution in [0.2, 0.25) is 0 Å². The van der Waals surface area contributed by atoms with Gasteiger partial charge in [-0.25, -0.2) is 0 Å². The van der Waals surface area contributed by atoms with E-state index in [4.69, 9.17) is 4.74 Å². The molecule has 1 heterocycles. The molecule has 1 unspecified atom stereocenters. The van der Waals surface area contributed by atoms with Crippen LogP contribution in [0, 0.1) is 0 Å². The first-order chi connectivity index (χ1) is 10.1. The van der Waals surface area contributed by atoms with Crippen molar-refractivity contribution in [3.05, 3.63) is 28.7 Å². The Kier molecular flexibility index (Phi) is 5.76. The summed E-state index contributed by atoms with van der Waals surface area (Å²) in [6.07, 6.45) is 2.73. The number of carbonyl (C=O) groups is 2. The normalized spacial score (nSPS) is 19.0. The van der Waals surface area contributed by atoms with Crippen molar-refractivity contribution in [1.82, 2.24) is 4.90 Å². The molecular weight excluding hydrogens is 336 g/mol. The van der Waals surface area contributed by atoms with E-state index in [-0.39, 0.29) is 24.5 Å². The highest BCUT2D eigenvalue weighted by molar-refractivity contribution is 9.10. The summed E-state index contributed by atoms with van der Waals surface area (Å²) >= 11 is 3.39. The monoisotopic (exact) mass is 354 g/mol. The summed E-state index contributed by atoms with van der Waals surface area (Å²) < 4.78 is 5.65. The molecule has 0 aromatic heterocycles. The molecule has 1 saturated heterocycles. The Morgan fingerprint density at radius 1 is 1.38 bits per heavy atom. The summed E-state index contributed by atoms with van der Waals surface area (Å²) in [6.45, 7) is 0.935. The van der Waals surface area contributed by atoms with Crippen LogP contribution in [-0.2, 0) is 14.3 Å². The molecule has 1 atom stereocenters. The molecule has 114 valence electrons. The lowest BCUT2D eigenvalue weighted by atomic mass is 10.0. The van der Waals surface area contributed by atoms with Gasteiger partial charge in [0.25, 0.3) is 0 Å². The second-order valence-corrected chi connectivity index (χ2v) is 5.89. The molecule has 0 aliphatic carbocycles. The van der Waals surface area contributed by atoms with Crippen molar-refractivity contribution in [2.45, 2.75) is 25.3 Å². The van der Waals surface area contributed by atoms with E-state index >= 15 is 0 Å². The van der Waals surface area contributed by atoms with E-state index in [0.29, 0.717) is 0 Å². The molecule has 0 saturated carbocycles. The second-order valence-electron chi connectivity index (χ2n) is 5.03. The van der Waals surface area contributed by atoms with Crippen molar-refractivity contribution >= 4 is 33.5 Å². The fourth-order valence-corrected chi connectivity index (χ4v) is 2.90. The van der Waals surface area contributed by atoms with Crippen LogP contribution >= 0.6 is 15.9 Å². The number of methoxy groups -OCH3 is 1. The molecule has 5 nitrogen and oxygen atoms in total. The van der Waals surface area contributed by atoms with E-state index in [1.54, 1.807) is 0 Å². The van der Waals surface area contributed by atoms with Gasteiger partial charge in [0.05, 0.1) is 19.3 Å². The maximum atomic E-state index is 12.2. The first-order valence-corrected chi connectivity index (χ1v) is 7.77. The van der Waals surface area contributed by atoms with Crippen LogP contribution in [0.1, 0.15) is 19.3 Å². The van der Waals surface area contributed by atoms with Crippen molar-refractivity contribution in [1.29, 1.82) is 0 Å². The third-order valence-corrected chi connectivity index (χ3v) is 4.27. The number of carbonyl (C=O) groups excluding carboxylic acids is 2. The predicted octanol–water partition coefficient (Wildman–Crippen LogP) is 2.42. The lowest BCUT2D eigenvalue weighted by Gasteiger charge is -2.33. The number of hydrogen-bond acceptors (Lipinski definition) is 4. The van der Waals surface area contributed by atoms with Gasteiger partial charge in [-0.05, 0) is 47.4 Å². The SMILES string of the molecule is COC(=O)C1CCCCN1CC(=O)Nc1ccccc1Br. The summed E-state index contributed by atoms with van der Waals surface area (Å²) in [4.78, 5) is 25.8. The van der Waals surface area contributed by atoms with Crippen molar-refractivity contribution in [2.24, 2.45) is 0 Å². The van der Waals surface area contributed by atoms with E-state index in [1.807, 2.05) is 29.2 Å². The van der Waals surface area contributed by atoms with Gasteiger partial charge >= 0.3 is 5.97 Å². The molecule has 0 spiro atoms. The molecule has 6 heteroatoms. The third-order valence-electron chi connectivity index (χ3n) is 3.58. The minimum Gasteiger partial charge on any atom is -0.468 e. The average Bonchev–Trinajstić information content (AvgIpc) is 2.49. The Balaban J connectivity index is 1.97.